The third-order valence-corrected chi connectivity index (χ3v) is 8.32. The lowest BCUT2D eigenvalue weighted by Gasteiger charge is -2.37. The van der Waals surface area contributed by atoms with E-state index in [-0.39, 0.29) is 23.0 Å². The molecule has 0 amide bonds. The van der Waals surface area contributed by atoms with Gasteiger partial charge in [0.15, 0.2) is 8.32 Å². The average molecular weight is 244 g/mol. The quantitative estimate of drug-likeness (QED) is 0.565. The van der Waals surface area contributed by atoms with E-state index in [1.54, 1.807) is 0 Å². The molecule has 1 heterocycles. The van der Waals surface area contributed by atoms with Crippen molar-refractivity contribution in [2.75, 3.05) is 6.61 Å². The highest BCUT2D eigenvalue weighted by Gasteiger charge is 2.39. The molecule has 2 atom stereocenters. The number of hydrogen-bond acceptors (Lipinski definition) is 3. The zero-order valence-corrected chi connectivity index (χ0v) is 12.3. The molecule has 0 radical (unpaired) electrons. The maximum Gasteiger partial charge on any atom is 0.306 e. The Kier molecular flexibility index (Phi) is 3.85. The van der Waals surface area contributed by atoms with Gasteiger partial charge in [0.05, 0.1) is 13.0 Å². The van der Waals surface area contributed by atoms with Crippen LogP contribution >= 0.6 is 0 Å². The van der Waals surface area contributed by atoms with Crippen LogP contribution in [0, 0.1) is 5.92 Å². The molecule has 1 saturated heterocycles. The molecular weight excluding hydrogens is 220 g/mol. The minimum atomic E-state index is -1.72. The Balaban J connectivity index is 2.49. The van der Waals surface area contributed by atoms with E-state index < -0.39 is 8.32 Å². The fourth-order valence-electron chi connectivity index (χ4n) is 1.43. The molecule has 1 aliphatic rings. The summed E-state index contributed by atoms with van der Waals surface area (Å²) in [5.41, 5.74) is 0. The van der Waals surface area contributed by atoms with Crippen LogP contribution in [0.2, 0.25) is 18.1 Å². The molecule has 1 rings (SSSR count). The van der Waals surface area contributed by atoms with Gasteiger partial charge in [0, 0.05) is 5.92 Å². The first-order valence-corrected chi connectivity index (χ1v) is 8.88. The van der Waals surface area contributed by atoms with Crippen molar-refractivity contribution in [1.82, 2.24) is 0 Å². The molecule has 0 unspecified atom stereocenters. The molecule has 0 aliphatic carbocycles. The molecule has 0 spiro atoms. The van der Waals surface area contributed by atoms with Crippen LogP contribution in [0.15, 0.2) is 0 Å². The molecular formula is C12H24O3Si. The van der Waals surface area contributed by atoms with Crippen molar-refractivity contribution in [3.8, 4) is 0 Å². The average Bonchev–Trinajstić information content (AvgIpc) is 2.39. The van der Waals surface area contributed by atoms with Crippen LogP contribution in [-0.2, 0) is 14.0 Å². The minimum absolute atomic E-state index is 0.0402. The van der Waals surface area contributed by atoms with Crippen LogP contribution in [0.4, 0.5) is 0 Å². The molecule has 4 heteroatoms. The van der Waals surface area contributed by atoms with Gasteiger partial charge in [-0.05, 0) is 18.1 Å². The zero-order chi connectivity index (χ0) is 12.6. The second kappa shape index (κ2) is 4.49. The fourth-order valence-corrected chi connectivity index (χ4v) is 2.45. The summed E-state index contributed by atoms with van der Waals surface area (Å²) in [4.78, 5) is 11.1. The third-order valence-electron chi connectivity index (χ3n) is 3.82. The Morgan fingerprint density at radius 1 is 1.44 bits per heavy atom. The summed E-state index contributed by atoms with van der Waals surface area (Å²) in [5, 5.41) is 0.207. The van der Waals surface area contributed by atoms with Crippen LogP contribution in [0.1, 0.15) is 34.1 Å². The van der Waals surface area contributed by atoms with Gasteiger partial charge in [-0.3, -0.25) is 4.79 Å². The van der Waals surface area contributed by atoms with Gasteiger partial charge < -0.3 is 9.16 Å². The third kappa shape index (κ3) is 3.07. The SMILES string of the molecule is C[C@H]1CC(=O)O[C@@H]1CO[Si](C)(C)C(C)(C)C. The van der Waals surface area contributed by atoms with Crippen LogP contribution in [0.3, 0.4) is 0 Å². The standard InChI is InChI=1S/C12H24O3Si/c1-9-7-11(13)15-10(9)8-14-16(5,6)12(2,3)4/h9-10H,7-8H2,1-6H3/t9-,10+/m0/s1. The van der Waals surface area contributed by atoms with Gasteiger partial charge in [-0.2, -0.15) is 0 Å². The Labute approximate surface area is 99.6 Å². The minimum Gasteiger partial charge on any atom is -0.460 e. The number of carbonyl (C=O) groups is 1. The van der Waals surface area contributed by atoms with E-state index in [2.05, 4.69) is 33.9 Å². The second-order valence-corrected chi connectivity index (χ2v) is 11.1. The summed E-state index contributed by atoms with van der Waals surface area (Å²) in [6.07, 6.45) is 0.493. The van der Waals surface area contributed by atoms with Crippen LogP contribution in [0.5, 0.6) is 0 Å². The van der Waals surface area contributed by atoms with Crippen molar-refractivity contribution >= 4 is 14.3 Å². The number of carbonyl (C=O) groups excluding carboxylic acids is 1. The molecule has 0 saturated carbocycles. The Hall–Kier alpha value is -0.353. The Bertz CT molecular complexity index is 268. The van der Waals surface area contributed by atoms with Gasteiger partial charge >= 0.3 is 5.97 Å². The van der Waals surface area contributed by atoms with E-state index >= 15 is 0 Å². The van der Waals surface area contributed by atoms with E-state index in [1.165, 1.54) is 0 Å². The number of cyclic esters (lactones) is 1. The molecule has 94 valence electrons. The summed E-state index contributed by atoms with van der Waals surface area (Å²) in [7, 11) is -1.72. The molecule has 1 fully saturated rings. The largest absolute Gasteiger partial charge is 0.460 e. The van der Waals surface area contributed by atoms with Gasteiger partial charge in [0.1, 0.15) is 6.10 Å². The number of ether oxygens (including phenoxy) is 1. The summed E-state index contributed by atoms with van der Waals surface area (Å²) >= 11 is 0. The highest BCUT2D eigenvalue weighted by Crippen LogP contribution is 2.37. The van der Waals surface area contributed by atoms with Crippen molar-refractivity contribution in [3.63, 3.8) is 0 Å². The highest BCUT2D eigenvalue weighted by atomic mass is 28.4. The van der Waals surface area contributed by atoms with Crippen LogP contribution < -0.4 is 0 Å². The van der Waals surface area contributed by atoms with Crippen molar-refractivity contribution in [1.29, 1.82) is 0 Å². The topological polar surface area (TPSA) is 35.5 Å². The summed E-state index contributed by atoms with van der Waals surface area (Å²) in [6.45, 7) is 13.7. The monoisotopic (exact) mass is 244 g/mol. The van der Waals surface area contributed by atoms with E-state index in [4.69, 9.17) is 9.16 Å². The first-order chi connectivity index (χ1) is 7.13. The maximum atomic E-state index is 11.1. The first-order valence-electron chi connectivity index (χ1n) is 5.97. The highest BCUT2D eigenvalue weighted by molar-refractivity contribution is 6.74. The lowest BCUT2D eigenvalue weighted by atomic mass is 10.1. The van der Waals surface area contributed by atoms with Crippen LogP contribution in [-0.4, -0.2) is 27.0 Å². The molecule has 3 nitrogen and oxygen atoms in total. The first kappa shape index (κ1) is 13.7. The van der Waals surface area contributed by atoms with E-state index in [9.17, 15) is 4.79 Å². The van der Waals surface area contributed by atoms with Crippen molar-refractivity contribution in [3.05, 3.63) is 0 Å². The molecule has 0 aromatic carbocycles. The van der Waals surface area contributed by atoms with Crippen molar-refractivity contribution in [2.45, 2.75) is 58.4 Å². The maximum absolute atomic E-state index is 11.1. The van der Waals surface area contributed by atoms with Gasteiger partial charge in [-0.15, -0.1) is 0 Å². The van der Waals surface area contributed by atoms with Gasteiger partial charge in [-0.25, -0.2) is 0 Å². The van der Waals surface area contributed by atoms with Crippen molar-refractivity contribution in [2.24, 2.45) is 5.92 Å². The Morgan fingerprint density at radius 3 is 2.38 bits per heavy atom. The fraction of sp³-hybridized carbons (Fsp3) is 0.917. The molecule has 0 aromatic heterocycles. The summed E-state index contributed by atoms with van der Waals surface area (Å²) in [5.74, 6) is 0.202. The van der Waals surface area contributed by atoms with E-state index in [0.717, 1.165) is 0 Å². The predicted molar refractivity (Wildman–Crippen MR) is 66.8 cm³/mol. The summed E-state index contributed by atoms with van der Waals surface area (Å²) in [6, 6.07) is 0. The molecule has 1 aliphatic heterocycles. The lowest BCUT2D eigenvalue weighted by Crippen LogP contribution is -2.43. The molecule has 0 bridgehead atoms. The number of esters is 1. The normalized spacial score (nSPS) is 27.0. The molecule has 0 aromatic rings. The van der Waals surface area contributed by atoms with Gasteiger partial charge in [0.25, 0.3) is 0 Å². The molecule has 0 N–H and O–H groups in total. The van der Waals surface area contributed by atoms with Gasteiger partial charge in [-0.1, -0.05) is 27.7 Å². The van der Waals surface area contributed by atoms with Crippen LogP contribution in [0.25, 0.3) is 0 Å². The Morgan fingerprint density at radius 2 is 2.00 bits per heavy atom. The van der Waals surface area contributed by atoms with E-state index in [1.807, 2.05) is 6.92 Å². The van der Waals surface area contributed by atoms with Gasteiger partial charge in [0.2, 0.25) is 0 Å². The lowest BCUT2D eigenvalue weighted by molar-refractivity contribution is -0.142. The smallest absolute Gasteiger partial charge is 0.306 e. The predicted octanol–water partition coefficient (Wildman–Crippen LogP) is 2.96. The second-order valence-electron chi connectivity index (χ2n) is 6.28. The molecule has 16 heavy (non-hydrogen) atoms. The number of hydrogen-bond donors (Lipinski definition) is 0. The van der Waals surface area contributed by atoms with Crippen molar-refractivity contribution < 1.29 is 14.0 Å². The summed E-state index contributed by atoms with van der Waals surface area (Å²) < 4.78 is 11.3. The number of rotatable bonds is 3. The van der Waals surface area contributed by atoms with E-state index in [0.29, 0.717) is 13.0 Å². The zero-order valence-electron chi connectivity index (χ0n) is 11.3.